The minimum Gasteiger partial charge on any atom is -0.378 e. The van der Waals surface area contributed by atoms with Crippen molar-refractivity contribution in [3.8, 4) is 0 Å². The Bertz CT molecular complexity index is 174. The molecule has 0 aliphatic carbocycles. The van der Waals surface area contributed by atoms with E-state index < -0.39 is 0 Å². The molecule has 0 amide bonds. The summed E-state index contributed by atoms with van der Waals surface area (Å²) in [6.45, 7) is 5.36. The Hall–Kier alpha value is -0.410. The highest BCUT2D eigenvalue weighted by molar-refractivity contribution is 5.78. The molecule has 3 heteroatoms. The zero-order chi connectivity index (χ0) is 9.84. The average molecular weight is 185 g/mol. The molecule has 0 aromatic heterocycles. The normalized spacial score (nSPS) is 23.0. The largest absolute Gasteiger partial charge is 0.378 e. The Morgan fingerprint density at radius 1 is 1.54 bits per heavy atom. The highest BCUT2D eigenvalue weighted by Crippen LogP contribution is 2.19. The van der Waals surface area contributed by atoms with Crippen LogP contribution in [-0.2, 0) is 4.79 Å². The van der Waals surface area contributed by atoms with E-state index in [2.05, 4.69) is 4.90 Å². The number of rotatable bonds is 3. The smallest absolute Gasteiger partial charge is 0.133 e. The van der Waals surface area contributed by atoms with Crippen LogP contribution in [0, 0.1) is 5.92 Å². The van der Waals surface area contributed by atoms with Crippen LogP contribution in [0.25, 0.3) is 0 Å². The molecule has 1 aliphatic heterocycles. The molecule has 1 rings (SSSR count). The van der Waals surface area contributed by atoms with Gasteiger partial charge in [0.25, 0.3) is 0 Å². The first-order valence-corrected chi connectivity index (χ1v) is 5.07. The van der Waals surface area contributed by atoms with Gasteiger partial charge in [-0.05, 0) is 26.2 Å². The maximum Gasteiger partial charge on any atom is 0.133 e. The van der Waals surface area contributed by atoms with Crippen molar-refractivity contribution in [2.45, 2.75) is 39.3 Å². The second kappa shape index (κ2) is 4.72. The first-order chi connectivity index (χ1) is 6.15. The van der Waals surface area contributed by atoms with Crippen LogP contribution in [0.15, 0.2) is 0 Å². The fourth-order valence-corrected chi connectivity index (χ4v) is 1.86. The van der Waals surface area contributed by atoms with E-state index in [1.165, 1.54) is 0 Å². The van der Waals surface area contributed by atoms with Crippen LogP contribution in [0.1, 0.15) is 33.1 Å². The number of aliphatic hydroxyl groups excluding tert-OH is 1. The molecule has 1 atom stereocenters. The SMILES string of the molecule is CCC(O)N1CCC(C(C)=O)CC1. The van der Waals surface area contributed by atoms with E-state index in [1.807, 2.05) is 6.92 Å². The second-order valence-electron chi connectivity index (χ2n) is 3.81. The molecule has 3 nitrogen and oxygen atoms in total. The summed E-state index contributed by atoms with van der Waals surface area (Å²) in [5, 5.41) is 9.55. The minimum atomic E-state index is -0.312. The number of likely N-dealkylation sites (tertiary alicyclic amines) is 1. The van der Waals surface area contributed by atoms with Crippen LogP contribution < -0.4 is 0 Å². The standard InChI is InChI=1S/C10H19NO2/c1-3-10(13)11-6-4-9(5-7-11)8(2)12/h9-10,13H,3-7H2,1-2H3. The van der Waals surface area contributed by atoms with Gasteiger partial charge in [-0.3, -0.25) is 9.69 Å². The number of hydrogen-bond donors (Lipinski definition) is 1. The topological polar surface area (TPSA) is 40.5 Å². The van der Waals surface area contributed by atoms with Gasteiger partial charge in [-0.1, -0.05) is 6.92 Å². The van der Waals surface area contributed by atoms with Crippen molar-refractivity contribution in [3.63, 3.8) is 0 Å². The van der Waals surface area contributed by atoms with E-state index in [-0.39, 0.29) is 12.1 Å². The predicted molar refractivity (Wildman–Crippen MR) is 51.3 cm³/mol. The van der Waals surface area contributed by atoms with Crippen LogP contribution in [0.2, 0.25) is 0 Å². The Labute approximate surface area is 79.7 Å². The molecule has 1 saturated heterocycles. The first-order valence-electron chi connectivity index (χ1n) is 5.07. The van der Waals surface area contributed by atoms with Crippen molar-refractivity contribution in [1.82, 2.24) is 4.90 Å². The summed E-state index contributed by atoms with van der Waals surface area (Å²) in [4.78, 5) is 13.1. The Kier molecular flexibility index (Phi) is 3.88. The molecule has 13 heavy (non-hydrogen) atoms. The maximum absolute atomic E-state index is 11.1. The van der Waals surface area contributed by atoms with Crippen LogP contribution in [-0.4, -0.2) is 35.1 Å². The van der Waals surface area contributed by atoms with Crippen molar-refractivity contribution in [2.75, 3.05) is 13.1 Å². The zero-order valence-corrected chi connectivity index (χ0v) is 8.49. The molecule has 0 aromatic rings. The fraction of sp³-hybridized carbons (Fsp3) is 0.900. The summed E-state index contributed by atoms with van der Waals surface area (Å²) in [7, 11) is 0. The third-order valence-corrected chi connectivity index (χ3v) is 2.89. The predicted octanol–water partition coefficient (Wildman–Crippen LogP) is 1.02. The lowest BCUT2D eigenvalue weighted by molar-refractivity contribution is -0.123. The molecule has 0 radical (unpaired) electrons. The van der Waals surface area contributed by atoms with E-state index in [0.717, 1.165) is 32.4 Å². The third-order valence-electron chi connectivity index (χ3n) is 2.89. The van der Waals surface area contributed by atoms with Crippen molar-refractivity contribution >= 4 is 5.78 Å². The molecule has 0 aromatic carbocycles. The summed E-state index contributed by atoms with van der Waals surface area (Å²) in [5.41, 5.74) is 0. The summed E-state index contributed by atoms with van der Waals surface area (Å²) in [6, 6.07) is 0. The number of carbonyl (C=O) groups excluding carboxylic acids is 1. The van der Waals surface area contributed by atoms with Gasteiger partial charge in [0.1, 0.15) is 12.0 Å². The van der Waals surface area contributed by atoms with Gasteiger partial charge < -0.3 is 5.11 Å². The number of ketones is 1. The Morgan fingerprint density at radius 2 is 2.08 bits per heavy atom. The number of Topliss-reactive ketones (excluding diaryl/α,β-unsaturated/α-hetero) is 1. The molecular weight excluding hydrogens is 166 g/mol. The molecule has 1 fully saturated rings. The molecule has 76 valence electrons. The maximum atomic E-state index is 11.1. The molecule has 0 saturated carbocycles. The molecule has 1 aliphatic rings. The van der Waals surface area contributed by atoms with Crippen molar-refractivity contribution in [1.29, 1.82) is 0 Å². The lowest BCUT2D eigenvalue weighted by atomic mass is 9.93. The van der Waals surface area contributed by atoms with E-state index >= 15 is 0 Å². The fourth-order valence-electron chi connectivity index (χ4n) is 1.86. The van der Waals surface area contributed by atoms with E-state index in [0.29, 0.717) is 5.78 Å². The number of aliphatic hydroxyl groups is 1. The van der Waals surface area contributed by atoms with Gasteiger partial charge in [-0.25, -0.2) is 0 Å². The highest BCUT2D eigenvalue weighted by atomic mass is 16.3. The Morgan fingerprint density at radius 3 is 2.46 bits per heavy atom. The monoisotopic (exact) mass is 185 g/mol. The molecule has 1 N–H and O–H groups in total. The number of hydrogen-bond acceptors (Lipinski definition) is 3. The lowest BCUT2D eigenvalue weighted by Crippen LogP contribution is -2.42. The number of carbonyl (C=O) groups is 1. The second-order valence-corrected chi connectivity index (χ2v) is 3.81. The first kappa shape index (κ1) is 10.7. The van der Waals surface area contributed by atoms with Gasteiger partial charge in [-0.2, -0.15) is 0 Å². The van der Waals surface area contributed by atoms with Crippen LogP contribution >= 0.6 is 0 Å². The molecule has 1 unspecified atom stereocenters. The quantitative estimate of drug-likeness (QED) is 0.713. The van der Waals surface area contributed by atoms with Gasteiger partial charge in [0.2, 0.25) is 0 Å². The molecule has 0 bridgehead atoms. The summed E-state index contributed by atoms with van der Waals surface area (Å²) in [5.74, 6) is 0.533. The minimum absolute atomic E-state index is 0.236. The molecule has 1 heterocycles. The van der Waals surface area contributed by atoms with Crippen LogP contribution in [0.4, 0.5) is 0 Å². The van der Waals surface area contributed by atoms with Crippen LogP contribution in [0.3, 0.4) is 0 Å². The summed E-state index contributed by atoms with van der Waals surface area (Å²) in [6.07, 6.45) is 2.27. The highest BCUT2D eigenvalue weighted by Gasteiger charge is 2.24. The zero-order valence-electron chi connectivity index (χ0n) is 8.49. The third kappa shape index (κ3) is 2.78. The molecular formula is C10H19NO2. The lowest BCUT2D eigenvalue weighted by Gasteiger charge is -2.33. The Balaban J connectivity index is 2.34. The average Bonchev–Trinajstić information content (AvgIpc) is 2.17. The van der Waals surface area contributed by atoms with Gasteiger partial charge in [-0.15, -0.1) is 0 Å². The van der Waals surface area contributed by atoms with E-state index in [9.17, 15) is 9.90 Å². The summed E-state index contributed by atoms with van der Waals surface area (Å²) < 4.78 is 0. The van der Waals surface area contributed by atoms with E-state index in [1.54, 1.807) is 6.92 Å². The van der Waals surface area contributed by atoms with Gasteiger partial charge in [0, 0.05) is 19.0 Å². The van der Waals surface area contributed by atoms with E-state index in [4.69, 9.17) is 0 Å². The number of nitrogens with zero attached hydrogens (tertiary/aromatic N) is 1. The van der Waals surface area contributed by atoms with Gasteiger partial charge in [0.15, 0.2) is 0 Å². The summed E-state index contributed by atoms with van der Waals surface area (Å²) >= 11 is 0. The van der Waals surface area contributed by atoms with Crippen LogP contribution in [0.5, 0.6) is 0 Å². The molecule has 0 spiro atoms. The van der Waals surface area contributed by atoms with Gasteiger partial charge >= 0.3 is 0 Å². The van der Waals surface area contributed by atoms with Gasteiger partial charge in [0.05, 0.1) is 0 Å². The van der Waals surface area contributed by atoms with Crippen molar-refractivity contribution < 1.29 is 9.90 Å². The van der Waals surface area contributed by atoms with Crippen molar-refractivity contribution in [2.24, 2.45) is 5.92 Å². The van der Waals surface area contributed by atoms with Crippen molar-refractivity contribution in [3.05, 3.63) is 0 Å². The number of piperidine rings is 1.